The van der Waals surface area contributed by atoms with Gasteiger partial charge in [-0.3, -0.25) is 4.79 Å². The molecule has 0 N–H and O–H groups in total. The Balaban J connectivity index is 2.42. The zero-order valence-corrected chi connectivity index (χ0v) is 17.2. The Bertz CT molecular complexity index is 521. The molecule has 0 aromatic heterocycles. The Morgan fingerprint density at radius 3 is 2.68 bits per heavy atom. The minimum atomic E-state index is -1.80. The minimum absolute atomic E-state index is 0.129. The van der Waals surface area contributed by atoms with Gasteiger partial charge in [-0.25, -0.2) is 0 Å². The van der Waals surface area contributed by atoms with Crippen molar-refractivity contribution in [2.45, 2.75) is 65.1 Å². The molecular weight excluding hydrogens is 356 g/mol. The fourth-order valence-corrected chi connectivity index (χ4v) is 5.85. The molecule has 22 heavy (non-hydrogen) atoms. The van der Waals surface area contributed by atoms with Crippen molar-refractivity contribution in [1.82, 2.24) is 0 Å². The van der Waals surface area contributed by atoms with E-state index in [4.69, 9.17) is 4.43 Å². The van der Waals surface area contributed by atoms with Gasteiger partial charge in [0.25, 0.3) is 0 Å². The SMILES string of the molecule is C=C(C)CC[C@@]1(O[Si](C)(C)CBr)CC(C)(C)[C@@H]2CC(=O)C=C21. The first-order chi connectivity index (χ1) is 10.0. The highest BCUT2D eigenvalue weighted by atomic mass is 79.9. The molecule has 0 heterocycles. The summed E-state index contributed by atoms with van der Waals surface area (Å²) in [6, 6.07) is 0. The lowest BCUT2D eigenvalue weighted by atomic mass is 9.80. The first-order valence-electron chi connectivity index (χ1n) is 8.17. The number of alkyl halides is 1. The predicted octanol–water partition coefficient (Wildman–Crippen LogP) is 5.18. The van der Waals surface area contributed by atoms with E-state index in [0.717, 1.165) is 24.2 Å². The monoisotopic (exact) mass is 384 g/mol. The Morgan fingerprint density at radius 2 is 2.14 bits per heavy atom. The van der Waals surface area contributed by atoms with Crippen LogP contribution in [0.3, 0.4) is 0 Å². The Kier molecular flexibility index (Phi) is 4.97. The molecule has 124 valence electrons. The highest BCUT2D eigenvalue weighted by molar-refractivity contribution is 9.09. The van der Waals surface area contributed by atoms with Crippen LogP contribution in [0.2, 0.25) is 13.1 Å². The molecule has 0 spiro atoms. The summed E-state index contributed by atoms with van der Waals surface area (Å²) >= 11 is 3.63. The van der Waals surface area contributed by atoms with Crippen LogP contribution >= 0.6 is 15.9 Å². The predicted molar refractivity (Wildman–Crippen MR) is 98.7 cm³/mol. The first-order valence-corrected chi connectivity index (χ1v) is 12.4. The average molecular weight is 385 g/mol. The average Bonchev–Trinajstić information content (AvgIpc) is 2.86. The summed E-state index contributed by atoms with van der Waals surface area (Å²) in [4.78, 5) is 13.0. The molecule has 0 aromatic carbocycles. The molecule has 0 aliphatic heterocycles. The molecular formula is C18H29BrO2Si. The molecule has 0 amide bonds. The van der Waals surface area contributed by atoms with Crippen LogP contribution in [0.4, 0.5) is 0 Å². The standard InChI is InChI=1S/C18H29BrO2Si/c1-13(2)7-8-18(21-22(5,6)12-19)11-17(3,4)15-9-14(20)10-16(15)18/h10,15H,1,7-9,11-12H2,2-6H3/t15-,18-/m1/s1. The second-order valence-electron chi connectivity index (χ2n) is 8.43. The fourth-order valence-electron chi connectivity index (χ4n) is 4.10. The number of ketones is 1. The maximum absolute atomic E-state index is 12.1. The van der Waals surface area contributed by atoms with Gasteiger partial charge in [-0.15, -0.1) is 6.58 Å². The van der Waals surface area contributed by atoms with Crippen LogP contribution in [-0.4, -0.2) is 24.7 Å². The smallest absolute Gasteiger partial charge is 0.198 e. The van der Waals surface area contributed by atoms with Gasteiger partial charge in [-0.1, -0.05) is 35.4 Å². The van der Waals surface area contributed by atoms with Crippen molar-refractivity contribution in [1.29, 1.82) is 0 Å². The molecule has 1 fully saturated rings. The molecule has 2 atom stereocenters. The van der Waals surface area contributed by atoms with Crippen molar-refractivity contribution in [2.24, 2.45) is 11.3 Å². The lowest BCUT2D eigenvalue weighted by molar-refractivity contribution is -0.115. The van der Waals surface area contributed by atoms with E-state index in [1.807, 2.05) is 6.08 Å². The van der Waals surface area contributed by atoms with Crippen LogP contribution in [0, 0.1) is 11.3 Å². The van der Waals surface area contributed by atoms with Gasteiger partial charge >= 0.3 is 0 Å². The van der Waals surface area contributed by atoms with E-state index in [1.165, 1.54) is 11.1 Å². The first kappa shape index (κ1) is 18.1. The largest absolute Gasteiger partial charge is 0.407 e. The maximum atomic E-state index is 12.1. The number of carbonyl (C=O) groups is 1. The van der Waals surface area contributed by atoms with Crippen LogP contribution in [0.25, 0.3) is 0 Å². The highest BCUT2D eigenvalue weighted by Crippen LogP contribution is 2.59. The van der Waals surface area contributed by atoms with Gasteiger partial charge in [0.2, 0.25) is 0 Å². The summed E-state index contributed by atoms with van der Waals surface area (Å²) in [7, 11) is -1.80. The summed E-state index contributed by atoms with van der Waals surface area (Å²) in [6.07, 6.45) is 5.49. The van der Waals surface area contributed by atoms with Gasteiger partial charge in [-0.05, 0) is 62.3 Å². The molecule has 0 aromatic rings. The molecule has 2 nitrogen and oxygen atoms in total. The van der Waals surface area contributed by atoms with Gasteiger partial charge in [-0.2, -0.15) is 0 Å². The quantitative estimate of drug-likeness (QED) is 0.358. The Hall–Kier alpha value is -0.193. The summed E-state index contributed by atoms with van der Waals surface area (Å²) in [6.45, 7) is 15.2. The third-order valence-corrected chi connectivity index (χ3v) is 10.7. The lowest BCUT2D eigenvalue weighted by Gasteiger charge is -2.39. The van der Waals surface area contributed by atoms with Gasteiger partial charge in [0.15, 0.2) is 14.1 Å². The zero-order chi connectivity index (χ0) is 16.8. The van der Waals surface area contributed by atoms with E-state index >= 15 is 0 Å². The van der Waals surface area contributed by atoms with Crippen molar-refractivity contribution < 1.29 is 9.22 Å². The van der Waals surface area contributed by atoms with E-state index in [1.54, 1.807) is 0 Å². The second-order valence-corrected chi connectivity index (χ2v) is 14.1. The van der Waals surface area contributed by atoms with E-state index < -0.39 is 8.32 Å². The molecule has 0 radical (unpaired) electrons. The normalized spacial score (nSPS) is 30.4. The lowest BCUT2D eigenvalue weighted by Crippen LogP contribution is -2.46. The fraction of sp³-hybridized carbons (Fsp3) is 0.722. The zero-order valence-electron chi connectivity index (χ0n) is 14.6. The third-order valence-electron chi connectivity index (χ3n) is 5.06. The number of hydrogen-bond acceptors (Lipinski definition) is 2. The Morgan fingerprint density at radius 1 is 1.50 bits per heavy atom. The van der Waals surface area contributed by atoms with Crippen molar-refractivity contribution in [3.63, 3.8) is 0 Å². The number of allylic oxidation sites excluding steroid dienone is 2. The van der Waals surface area contributed by atoms with Gasteiger partial charge < -0.3 is 4.43 Å². The molecule has 2 aliphatic carbocycles. The molecule has 0 unspecified atom stereocenters. The van der Waals surface area contributed by atoms with Crippen LogP contribution in [0.15, 0.2) is 23.8 Å². The molecule has 0 bridgehead atoms. The highest BCUT2D eigenvalue weighted by Gasteiger charge is 2.57. The maximum Gasteiger partial charge on any atom is 0.198 e. The number of halogens is 1. The van der Waals surface area contributed by atoms with Crippen LogP contribution in [-0.2, 0) is 9.22 Å². The van der Waals surface area contributed by atoms with Crippen molar-refractivity contribution in [3.05, 3.63) is 23.8 Å². The molecule has 0 saturated heterocycles. The summed E-state index contributed by atoms with van der Waals surface area (Å²) in [5, 5.41) is 0. The molecule has 2 aliphatic rings. The van der Waals surface area contributed by atoms with Crippen molar-refractivity contribution in [3.8, 4) is 0 Å². The second kappa shape index (κ2) is 6.03. The minimum Gasteiger partial charge on any atom is -0.407 e. The van der Waals surface area contributed by atoms with Crippen LogP contribution in [0.1, 0.15) is 46.5 Å². The van der Waals surface area contributed by atoms with Crippen LogP contribution < -0.4 is 0 Å². The van der Waals surface area contributed by atoms with Gasteiger partial charge in [0.05, 0.1) is 5.60 Å². The Labute approximate surface area is 144 Å². The summed E-state index contributed by atoms with van der Waals surface area (Å²) in [5.74, 6) is 0.625. The third kappa shape index (κ3) is 3.49. The van der Waals surface area contributed by atoms with E-state index in [2.05, 4.69) is 56.4 Å². The van der Waals surface area contributed by atoms with Crippen LogP contribution in [0.5, 0.6) is 0 Å². The van der Waals surface area contributed by atoms with Gasteiger partial charge in [0, 0.05) is 11.4 Å². The topological polar surface area (TPSA) is 26.3 Å². The number of hydrogen-bond donors (Lipinski definition) is 0. The molecule has 2 rings (SSSR count). The van der Waals surface area contributed by atoms with E-state index in [0.29, 0.717) is 12.3 Å². The number of fused-ring (bicyclic) bond motifs is 1. The van der Waals surface area contributed by atoms with E-state index in [9.17, 15) is 4.79 Å². The summed E-state index contributed by atoms with van der Waals surface area (Å²) < 4.78 is 6.81. The number of rotatable bonds is 6. The summed E-state index contributed by atoms with van der Waals surface area (Å²) in [5.41, 5.74) is 2.32. The van der Waals surface area contributed by atoms with E-state index in [-0.39, 0.29) is 16.8 Å². The van der Waals surface area contributed by atoms with Crippen molar-refractivity contribution in [2.75, 3.05) is 4.95 Å². The van der Waals surface area contributed by atoms with Gasteiger partial charge in [0.1, 0.15) is 0 Å². The van der Waals surface area contributed by atoms with Crippen molar-refractivity contribution >= 4 is 30.0 Å². The number of carbonyl (C=O) groups excluding carboxylic acids is 1. The molecule has 1 saturated carbocycles. The molecule has 4 heteroatoms.